The maximum atomic E-state index is 8.42. The highest BCUT2D eigenvalue weighted by Gasteiger charge is 2.06. The number of halogens is 2. The first kappa shape index (κ1) is 19.3. The second-order valence-electron chi connectivity index (χ2n) is 4.16. The van der Waals surface area contributed by atoms with Gasteiger partial charge in [0.25, 0.3) is 13.5 Å². The standard InChI is InChI=1S/C14H16N3O2.2ClH/c1-13-4-2-3-7-17(13)12-19-11-16-8-5-14(6-9-16)10-15-18;;/h2-10H,11-12H2,1H3;2*1H/q+1;;/p-1. The summed E-state index contributed by atoms with van der Waals surface area (Å²) in [6, 6.07) is 9.72. The second-order valence-corrected chi connectivity index (χ2v) is 4.16. The van der Waals surface area contributed by atoms with E-state index in [0.29, 0.717) is 13.5 Å². The number of nitrogens with zero attached hydrogens (tertiary/aromatic N) is 3. The first-order chi connectivity index (χ1) is 9.29. The molecule has 1 N–H and O–H groups in total. The van der Waals surface area contributed by atoms with E-state index in [1.807, 2.05) is 65.0 Å². The van der Waals surface area contributed by atoms with Crippen molar-refractivity contribution in [3.05, 3.63) is 60.2 Å². The van der Waals surface area contributed by atoms with E-state index in [9.17, 15) is 0 Å². The summed E-state index contributed by atoms with van der Waals surface area (Å²) in [6.07, 6.45) is 7.12. The minimum Gasteiger partial charge on any atom is -1.00 e. The smallest absolute Gasteiger partial charge is 0.258 e. The highest BCUT2D eigenvalue weighted by Crippen LogP contribution is 1.91. The molecule has 0 aliphatic rings. The fraction of sp³-hybridized carbons (Fsp3) is 0.214. The van der Waals surface area contributed by atoms with Crippen LogP contribution in [0.1, 0.15) is 11.3 Å². The zero-order chi connectivity index (χ0) is 13.5. The molecule has 5 nitrogen and oxygen atoms in total. The minimum atomic E-state index is 0. The van der Waals surface area contributed by atoms with Gasteiger partial charge in [-0.1, -0.05) is 11.2 Å². The average molecular weight is 330 g/mol. The van der Waals surface area contributed by atoms with Gasteiger partial charge in [-0.2, -0.15) is 9.13 Å². The predicted octanol–water partition coefficient (Wildman–Crippen LogP) is -4.98. The molecule has 0 aliphatic carbocycles. The maximum Gasteiger partial charge on any atom is 0.258 e. The fourth-order valence-corrected chi connectivity index (χ4v) is 1.66. The van der Waals surface area contributed by atoms with E-state index >= 15 is 0 Å². The molecule has 2 rings (SSSR count). The number of aryl methyl sites for hydroxylation is 1. The summed E-state index contributed by atoms with van der Waals surface area (Å²) in [5.41, 5.74) is 1.99. The Morgan fingerprint density at radius 2 is 1.81 bits per heavy atom. The van der Waals surface area contributed by atoms with Crippen molar-refractivity contribution in [2.45, 2.75) is 20.4 Å². The third-order valence-corrected chi connectivity index (χ3v) is 2.76. The molecular formula is C14H17Cl2N3O2. The first-order valence-corrected chi connectivity index (χ1v) is 5.99. The van der Waals surface area contributed by atoms with Gasteiger partial charge in [0.2, 0.25) is 0 Å². The largest absolute Gasteiger partial charge is 1.00 e. The van der Waals surface area contributed by atoms with Gasteiger partial charge in [-0.15, -0.1) is 0 Å². The molecule has 0 fully saturated rings. The zero-order valence-corrected chi connectivity index (χ0v) is 13.1. The van der Waals surface area contributed by atoms with Crippen LogP contribution >= 0.6 is 0 Å². The molecule has 0 saturated carbocycles. The van der Waals surface area contributed by atoms with Crippen LogP contribution in [0.25, 0.3) is 0 Å². The van der Waals surface area contributed by atoms with Crippen molar-refractivity contribution in [2.75, 3.05) is 0 Å². The lowest BCUT2D eigenvalue weighted by Crippen LogP contribution is -3.00. The Balaban J connectivity index is 0.00000200. The number of oxime groups is 1. The van der Waals surface area contributed by atoms with Crippen LogP contribution in [0.4, 0.5) is 0 Å². The third-order valence-electron chi connectivity index (χ3n) is 2.76. The Hall–Kier alpha value is -1.69. The summed E-state index contributed by atoms with van der Waals surface area (Å²) in [4.78, 5) is 0. The summed E-state index contributed by atoms with van der Waals surface area (Å²) in [5, 5.41) is 11.4. The average Bonchev–Trinajstić information content (AvgIpc) is 2.43. The van der Waals surface area contributed by atoms with E-state index in [1.165, 1.54) is 6.21 Å². The van der Waals surface area contributed by atoms with Crippen molar-refractivity contribution in [2.24, 2.45) is 5.16 Å². The van der Waals surface area contributed by atoms with Crippen molar-refractivity contribution < 1.29 is 43.9 Å². The molecule has 7 heteroatoms. The molecule has 0 amide bonds. The van der Waals surface area contributed by atoms with Gasteiger partial charge in [0, 0.05) is 36.8 Å². The molecule has 0 aromatic carbocycles. The molecule has 0 spiro atoms. The Bertz CT molecular complexity index is 562. The van der Waals surface area contributed by atoms with Gasteiger partial charge in [0.15, 0.2) is 24.3 Å². The normalized spacial score (nSPS) is 9.95. The van der Waals surface area contributed by atoms with Crippen LogP contribution in [0.3, 0.4) is 0 Å². The number of ether oxygens (including phenoxy) is 1. The van der Waals surface area contributed by atoms with Crippen molar-refractivity contribution in [1.82, 2.24) is 0 Å². The van der Waals surface area contributed by atoms with E-state index in [4.69, 9.17) is 9.94 Å². The fourth-order valence-electron chi connectivity index (χ4n) is 1.66. The van der Waals surface area contributed by atoms with Gasteiger partial charge in [-0.3, -0.25) is 4.74 Å². The van der Waals surface area contributed by atoms with Gasteiger partial charge in [0.05, 0.1) is 6.21 Å². The van der Waals surface area contributed by atoms with Gasteiger partial charge in [0.1, 0.15) is 0 Å². The molecule has 21 heavy (non-hydrogen) atoms. The Morgan fingerprint density at radius 3 is 2.43 bits per heavy atom. The van der Waals surface area contributed by atoms with Gasteiger partial charge in [-0.25, -0.2) is 0 Å². The van der Waals surface area contributed by atoms with Crippen molar-refractivity contribution >= 4 is 6.21 Å². The molecule has 0 aliphatic heterocycles. The van der Waals surface area contributed by atoms with Gasteiger partial charge >= 0.3 is 0 Å². The molecule has 0 bridgehead atoms. The van der Waals surface area contributed by atoms with E-state index in [0.717, 1.165) is 11.3 Å². The number of hydrogen-bond acceptors (Lipinski definition) is 3. The number of pyridine rings is 2. The predicted molar refractivity (Wildman–Crippen MR) is 68.5 cm³/mol. The lowest BCUT2D eigenvalue weighted by atomic mass is 10.3. The second kappa shape index (κ2) is 10.1. The van der Waals surface area contributed by atoms with Crippen molar-refractivity contribution in [1.29, 1.82) is 0 Å². The van der Waals surface area contributed by atoms with Gasteiger partial charge in [-0.05, 0) is 0 Å². The van der Waals surface area contributed by atoms with Crippen molar-refractivity contribution in [3.63, 3.8) is 0 Å². The van der Waals surface area contributed by atoms with E-state index in [2.05, 4.69) is 5.16 Å². The van der Waals surface area contributed by atoms with Crippen LogP contribution in [0.15, 0.2) is 54.1 Å². The van der Waals surface area contributed by atoms with Crippen LogP contribution in [0.5, 0.6) is 0 Å². The SMILES string of the molecule is Cc1cccc[n+]1COC[n+]1ccc(/C=N/O)cc1.[Cl-].[Cl-]. The summed E-state index contributed by atoms with van der Waals surface area (Å²) in [5.74, 6) is 0. The summed E-state index contributed by atoms with van der Waals surface area (Å²) < 4.78 is 9.57. The molecule has 0 unspecified atom stereocenters. The van der Waals surface area contributed by atoms with E-state index in [1.54, 1.807) is 0 Å². The van der Waals surface area contributed by atoms with Crippen LogP contribution < -0.4 is 33.9 Å². The third kappa shape index (κ3) is 6.08. The summed E-state index contributed by atoms with van der Waals surface area (Å²) in [6.45, 7) is 3.02. The Kier molecular flexibility index (Phi) is 9.28. The molecule has 2 heterocycles. The van der Waals surface area contributed by atoms with Crippen LogP contribution in [-0.4, -0.2) is 11.4 Å². The van der Waals surface area contributed by atoms with E-state index in [-0.39, 0.29) is 24.8 Å². The zero-order valence-electron chi connectivity index (χ0n) is 11.6. The van der Waals surface area contributed by atoms with Crippen LogP contribution in [-0.2, 0) is 18.2 Å². The number of rotatable bonds is 5. The molecule has 114 valence electrons. The molecule has 0 radical (unpaired) electrons. The molecule has 2 aromatic rings. The van der Waals surface area contributed by atoms with Crippen LogP contribution in [0, 0.1) is 6.92 Å². The Labute approximate surface area is 136 Å². The van der Waals surface area contributed by atoms with Crippen LogP contribution in [0.2, 0.25) is 0 Å². The highest BCUT2D eigenvalue weighted by atomic mass is 35.5. The lowest BCUT2D eigenvalue weighted by molar-refractivity contribution is -0.790. The topological polar surface area (TPSA) is 49.6 Å². The molecular weight excluding hydrogens is 313 g/mol. The monoisotopic (exact) mass is 329 g/mol. The molecule has 0 saturated heterocycles. The van der Waals surface area contributed by atoms with E-state index < -0.39 is 0 Å². The Morgan fingerprint density at radius 1 is 1.10 bits per heavy atom. The highest BCUT2D eigenvalue weighted by molar-refractivity contribution is 5.78. The molecule has 2 aromatic heterocycles. The quantitative estimate of drug-likeness (QED) is 0.258. The maximum absolute atomic E-state index is 8.42. The summed E-state index contributed by atoms with van der Waals surface area (Å²) >= 11 is 0. The number of aromatic nitrogens is 2. The van der Waals surface area contributed by atoms with Crippen molar-refractivity contribution in [3.8, 4) is 0 Å². The van der Waals surface area contributed by atoms with Gasteiger partial charge < -0.3 is 30.0 Å². The number of hydrogen-bond donors (Lipinski definition) is 1. The lowest BCUT2D eigenvalue weighted by Gasteiger charge is -2.00. The summed E-state index contributed by atoms with van der Waals surface area (Å²) in [7, 11) is 0. The minimum absolute atomic E-state index is 0. The molecule has 0 atom stereocenters. The first-order valence-electron chi connectivity index (χ1n) is 5.99.